The summed E-state index contributed by atoms with van der Waals surface area (Å²) in [6, 6.07) is 16.2. The highest BCUT2D eigenvalue weighted by atomic mass is 16.5. The number of amidine groups is 1. The first-order chi connectivity index (χ1) is 16.0. The van der Waals surface area contributed by atoms with E-state index in [4.69, 9.17) is 15.2 Å². The molecular formula is C25H26N6O2. The number of anilines is 2. The number of aliphatic imine (C=N–C) groups is 2. The van der Waals surface area contributed by atoms with Crippen LogP contribution >= 0.6 is 0 Å². The van der Waals surface area contributed by atoms with Gasteiger partial charge in [-0.05, 0) is 74.9 Å². The lowest BCUT2D eigenvalue weighted by Crippen LogP contribution is -2.35. The number of pyridine rings is 1. The molecule has 0 amide bonds. The number of ether oxygens (including phenoxy) is 2. The molecule has 0 fully saturated rings. The number of fused-ring (bicyclic) bond motifs is 1. The predicted octanol–water partition coefficient (Wildman–Crippen LogP) is 4.81. The van der Waals surface area contributed by atoms with Crippen molar-refractivity contribution in [2.24, 2.45) is 15.7 Å². The van der Waals surface area contributed by atoms with Crippen molar-refractivity contribution in [1.29, 1.82) is 0 Å². The number of nitrogens with zero attached hydrogens (tertiary/aromatic N) is 4. The van der Waals surface area contributed by atoms with E-state index < -0.39 is 6.17 Å². The van der Waals surface area contributed by atoms with Crippen LogP contribution in [0.4, 0.5) is 17.1 Å². The summed E-state index contributed by atoms with van der Waals surface area (Å²) < 4.78 is 11.6. The third-order valence-electron chi connectivity index (χ3n) is 5.59. The second-order valence-electron chi connectivity index (χ2n) is 8.26. The Bertz CT molecular complexity index is 1240. The number of aryl methyl sites for hydroxylation is 2. The zero-order chi connectivity index (χ0) is 22.9. The standard InChI is InChI=1S/C25H26N6O2/c1-15-10-19(6-9-23(15)33-20-7-4-16(2)27-13-20)31-14-29-22-8-5-18(11-21(22)24(31)26)30-25-28-12-17(3)32-25/h4-11,13-14,17,24H,12,26H2,1-3H3,(H,28,30). The maximum absolute atomic E-state index is 6.65. The van der Waals surface area contributed by atoms with Gasteiger partial charge in [-0.3, -0.25) is 4.98 Å². The van der Waals surface area contributed by atoms with E-state index in [1.165, 1.54) is 0 Å². The van der Waals surface area contributed by atoms with E-state index in [2.05, 4.69) is 20.3 Å². The molecule has 0 saturated heterocycles. The zero-order valence-electron chi connectivity index (χ0n) is 18.8. The van der Waals surface area contributed by atoms with Gasteiger partial charge in [0.2, 0.25) is 0 Å². The van der Waals surface area contributed by atoms with Gasteiger partial charge in [0, 0.05) is 22.6 Å². The van der Waals surface area contributed by atoms with E-state index in [0.29, 0.717) is 18.3 Å². The summed E-state index contributed by atoms with van der Waals surface area (Å²) >= 11 is 0. The lowest BCUT2D eigenvalue weighted by molar-refractivity contribution is 0.245. The number of benzene rings is 2. The molecular weight excluding hydrogens is 416 g/mol. The third-order valence-corrected chi connectivity index (χ3v) is 5.59. The third kappa shape index (κ3) is 4.38. The van der Waals surface area contributed by atoms with E-state index in [9.17, 15) is 0 Å². The number of hydrogen-bond donors (Lipinski definition) is 2. The smallest absolute Gasteiger partial charge is 0.289 e. The molecule has 3 heterocycles. The fourth-order valence-electron chi connectivity index (χ4n) is 3.78. The summed E-state index contributed by atoms with van der Waals surface area (Å²) in [7, 11) is 0. The SMILES string of the molecule is Cc1ccc(Oc2ccc(N3C=Nc4ccc(NC5=NCC(C)O5)cc4C3N)cc2C)cn1. The largest absolute Gasteiger partial charge is 0.460 e. The molecule has 3 N–H and O–H groups in total. The average molecular weight is 443 g/mol. The van der Waals surface area contributed by atoms with Gasteiger partial charge in [-0.2, -0.15) is 0 Å². The van der Waals surface area contributed by atoms with Gasteiger partial charge < -0.3 is 25.4 Å². The van der Waals surface area contributed by atoms with Crippen molar-refractivity contribution in [3.63, 3.8) is 0 Å². The lowest BCUT2D eigenvalue weighted by atomic mass is 10.1. The molecule has 0 aliphatic carbocycles. The molecule has 33 heavy (non-hydrogen) atoms. The minimum absolute atomic E-state index is 0.0879. The maximum atomic E-state index is 6.65. The number of hydrogen-bond acceptors (Lipinski definition) is 8. The summed E-state index contributed by atoms with van der Waals surface area (Å²) in [5.74, 6) is 1.47. The molecule has 2 atom stereocenters. The van der Waals surface area contributed by atoms with Crippen LogP contribution in [0.1, 0.15) is 29.9 Å². The maximum Gasteiger partial charge on any atom is 0.289 e. The Morgan fingerprint density at radius 1 is 1.12 bits per heavy atom. The first-order valence-corrected chi connectivity index (χ1v) is 10.9. The number of aromatic nitrogens is 1. The van der Waals surface area contributed by atoms with Gasteiger partial charge in [-0.25, -0.2) is 9.98 Å². The summed E-state index contributed by atoms with van der Waals surface area (Å²) in [6.45, 7) is 6.60. The molecule has 8 heteroatoms. The second kappa shape index (κ2) is 8.55. The van der Waals surface area contributed by atoms with Gasteiger partial charge in [0.15, 0.2) is 0 Å². The Morgan fingerprint density at radius 2 is 2.00 bits per heavy atom. The molecule has 168 valence electrons. The van der Waals surface area contributed by atoms with Crippen molar-refractivity contribution in [2.75, 3.05) is 16.8 Å². The van der Waals surface area contributed by atoms with Crippen molar-refractivity contribution in [3.05, 3.63) is 71.5 Å². The van der Waals surface area contributed by atoms with Crippen LogP contribution in [0.5, 0.6) is 11.5 Å². The molecule has 3 aromatic rings. The van der Waals surface area contributed by atoms with Crippen molar-refractivity contribution in [1.82, 2.24) is 4.98 Å². The molecule has 2 aromatic carbocycles. The van der Waals surface area contributed by atoms with Crippen molar-refractivity contribution < 1.29 is 9.47 Å². The van der Waals surface area contributed by atoms with Gasteiger partial charge in [-0.15, -0.1) is 0 Å². The van der Waals surface area contributed by atoms with Crippen LogP contribution in [0, 0.1) is 13.8 Å². The number of nitrogens with one attached hydrogen (secondary N) is 1. The van der Waals surface area contributed by atoms with Crippen LogP contribution in [0.3, 0.4) is 0 Å². The number of rotatable bonds is 4. The van der Waals surface area contributed by atoms with Crippen LogP contribution < -0.4 is 20.7 Å². The van der Waals surface area contributed by atoms with Crippen LogP contribution in [0.15, 0.2) is 64.7 Å². The first-order valence-electron chi connectivity index (χ1n) is 10.9. The highest BCUT2D eigenvalue weighted by molar-refractivity contribution is 5.91. The van der Waals surface area contributed by atoms with Crippen LogP contribution in [0.2, 0.25) is 0 Å². The molecule has 1 aromatic heterocycles. The van der Waals surface area contributed by atoms with Crippen molar-refractivity contribution >= 4 is 29.4 Å². The van der Waals surface area contributed by atoms with E-state index in [-0.39, 0.29) is 6.10 Å². The van der Waals surface area contributed by atoms with Crippen LogP contribution in [-0.4, -0.2) is 30.0 Å². The van der Waals surface area contributed by atoms with Gasteiger partial charge in [0.05, 0.1) is 24.8 Å². The van der Waals surface area contributed by atoms with Crippen molar-refractivity contribution in [2.45, 2.75) is 33.0 Å². The zero-order valence-corrected chi connectivity index (χ0v) is 18.8. The lowest BCUT2D eigenvalue weighted by Gasteiger charge is -2.31. The molecule has 8 nitrogen and oxygen atoms in total. The topological polar surface area (TPSA) is 97.4 Å². The average Bonchev–Trinajstić information content (AvgIpc) is 3.22. The monoisotopic (exact) mass is 442 g/mol. The molecule has 5 rings (SSSR count). The fraction of sp³-hybridized carbons (Fsp3) is 0.240. The Morgan fingerprint density at radius 3 is 2.73 bits per heavy atom. The molecule has 0 radical (unpaired) electrons. The normalized spacial score (nSPS) is 19.0. The minimum Gasteiger partial charge on any atom is -0.460 e. The van der Waals surface area contributed by atoms with E-state index in [1.807, 2.05) is 74.2 Å². The summed E-state index contributed by atoms with van der Waals surface area (Å²) in [6.07, 6.45) is 3.19. The molecule has 2 aliphatic rings. The second-order valence-corrected chi connectivity index (χ2v) is 8.26. The van der Waals surface area contributed by atoms with E-state index >= 15 is 0 Å². The molecule has 0 spiro atoms. The molecule has 0 bridgehead atoms. The Kier molecular flexibility index (Phi) is 5.43. The van der Waals surface area contributed by atoms with E-state index in [0.717, 1.165) is 39.6 Å². The predicted molar refractivity (Wildman–Crippen MR) is 131 cm³/mol. The van der Waals surface area contributed by atoms with Crippen molar-refractivity contribution in [3.8, 4) is 11.5 Å². The van der Waals surface area contributed by atoms with Crippen LogP contribution in [0.25, 0.3) is 0 Å². The van der Waals surface area contributed by atoms with E-state index in [1.54, 1.807) is 12.5 Å². The van der Waals surface area contributed by atoms with Gasteiger partial charge in [-0.1, -0.05) is 0 Å². The van der Waals surface area contributed by atoms with Gasteiger partial charge in [0.1, 0.15) is 23.8 Å². The Labute approximate surface area is 192 Å². The highest BCUT2D eigenvalue weighted by Gasteiger charge is 2.24. The summed E-state index contributed by atoms with van der Waals surface area (Å²) in [5, 5.41) is 3.22. The number of nitrogens with two attached hydrogens (primary N) is 1. The quantitative estimate of drug-likeness (QED) is 0.602. The Balaban J connectivity index is 1.35. The highest BCUT2D eigenvalue weighted by Crippen LogP contribution is 2.36. The fourth-order valence-corrected chi connectivity index (χ4v) is 3.78. The summed E-state index contributed by atoms with van der Waals surface area (Å²) in [5.41, 5.74) is 12.1. The first kappa shape index (κ1) is 21.0. The molecule has 2 aliphatic heterocycles. The minimum atomic E-state index is -0.392. The Hall–Kier alpha value is -3.91. The molecule has 0 saturated carbocycles. The summed E-state index contributed by atoms with van der Waals surface area (Å²) in [4.78, 5) is 15.2. The van der Waals surface area contributed by atoms with Gasteiger partial charge in [0.25, 0.3) is 6.02 Å². The molecule has 2 unspecified atom stereocenters. The van der Waals surface area contributed by atoms with Gasteiger partial charge >= 0.3 is 0 Å². The van der Waals surface area contributed by atoms with Crippen LogP contribution in [-0.2, 0) is 4.74 Å².